The molecule has 1 aromatic carbocycles. The van der Waals surface area contributed by atoms with Crippen molar-refractivity contribution < 1.29 is 14.1 Å². The lowest BCUT2D eigenvalue weighted by molar-refractivity contribution is 0.0713. The number of nitrogens with zero attached hydrogens (tertiary/aromatic N) is 5. The first-order valence-corrected chi connectivity index (χ1v) is 9.79. The van der Waals surface area contributed by atoms with Gasteiger partial charge in [0, 0.05) is 50.6 Å². The van der Waals surface area contributed by atoms with Gasteiger partial charge in [-0.15, -0.1) is 0 Å². The Bertz CT molecular complexity index is 995. The molecule has 8 heteroatoms. The highest BCUT2D eigenvalue weighted by molar-refractivity contribution is 5.94. The quantitative estimate of drug-likeness (QED) is 0.680. The van der Waals surface area contributed by atoms with Crippen LogP contribution in [0, 0.1) is 0 Å². The van der Waals surface area contributed by atoms with Crippen LogP contribution in [0.25, 0.3) is 11.3 Å². The van der Waals surface area contributed by atoms with Crippen LogP contribution in [0.15, 0.2) is 53.3 Å². The summed E-state index contributed by atoms with van der Waals surface area (Å²) >= 11 is 0. The maximum absolute atomic E-state index is 12.9. The van der Waals surface area contributed by atoms with Gasteiger partial charge >= 0.3 is 0 Å². The van der Waals surface area contributed by atoms with E-state index in [4.69, 9.17) is 4.52 Å². The zero-order valence-corrected chi connectivity index (χ0v) is 16.3. The fourth-order valence-corrected chi connectivity index (χ4v) is 3.43. The van der Waals surface area contributed by atoms with Crippen LogP contribution >= 0.6 is 0 Å². The van der Waals surface area contributed by atoms with Gasteiger partial charge in [-0.1, -0.05) is 35.5 Å². The summed E-state index contributed by atoms with van der Waals surface area (Å²) in [6.45, 7) is 4.81. The van der Waals surface area contributed by atoms with Crippen LogP contribution < -0.4 is 0 Å². The van der Waals surface area contributed by atoms with E-state index in [1.165, 1.54) is 0 Å². The van der Waals surface area contributed by atoms with Crippen molar-refractivity contribution in [3.63, 3.8) is 0 Å². The van der Waals surface area contributed by atoms with Gasteiger partial charge in [0.25, 0.3) is 11.8 Å². The molecule has 3 heterocycles. The fraction of sp³-hybridized carbons (Fsp3) is 0.333. The van der Waals surface area contributed by atoms with E-state index in [2.05, 4.69) is 10.3 Å². The molecule has 2 amide bonds. The molecule has 0 N–H and O–H groups in total. The highest BCUT2D eigenvalue weighted by atomic mass is 16.5. The second kappa shape index (κ2) is 8.30. The lowest BCUT2D eigenvalue weighted by Gasteiger charge is -2.21. The summed E-state index contributed by atoms with van der Waals surface area (Å²) in [4.78, 5) is 29.1. The Morgan fingerprint density at radius 2 is 1.76 bits per heavy atom. The maximum Gasteiger partial charge on any atom is 0.276 e. The summed E-state index contributed by atoms with van der Waals surface area (Å²) in [6.07, 6.45) is 4.07. The number of carbonyl (C=O) groups is 2. The van der Waals surface area contributed by atoms with E-state index in [0.29, 0.717) is 43.9 Å². The molecule has 0 saturated carbocycles. The number of aryl methyl sites for hydroxylation is 1. The van der Waals surface area contributed by atoms with Crippen molar-refractivity contribution in [2.24, 2.45) is 0 Å². The third-order valence-electron chi connectivity index (χ3n) is 5.06. The van der Waals surface area contributed by atoms with Gasteiger partial charge in [-0.25, -0.2) is 0 Å². The van der Waals surface area contributed by atoms with Gasteiger partial charge in [-0.2, -0.15) is 5.10 Å². The molecule has 1 aliphatic heterocycles. The minimum Gasteiger partial charge on any atom is -0.355 e. The molecule has 0 spiro atoms. The maximum atomic E-state index is 12.9. The van der Waals surface area contributed by atoms with Crippen molar-refractivity contribution in [2.75, 3.05) is 26.2 Å². The second-order valence-electron chi connectivity index (χ2n) is 6.97. The number of carbonyl (C=O) groups excluding carboxylic acids is 2. The smallest absolute Gasteiger partial charge is 0.276 e. The molecule has 3 aromatic rings. The number of rotatable bonds is 4. The molecule has 8 nitrogen and oxygen atoms in total. The van der Waals surface area contributed by atoms with Gasteiger partial charge in [-0.05, 0) is 13.3 Å². The average Bonchev–Trinajstić information content (AvgIpc) is 3.38. The van der Waals surface area contributed by atoms with E-state index in [-0.39, 0.29) is 17.5 Å². The molecule has 0 unspecified atom stereocenters. The third-order valence-corrected chi connectivity index (χ3v) is 5.06. The molecule has 1 aliphatic rings. The molecule has 0 atom stereocenters. The van der Waals surface area contributed by atoms with E-state index >= 15 is 0 Å². The predicted molar refractivity (Wildman–Crippen MR) is 106 cm³/mol. The molecule has 2 aromatic heterocycles. The van der Waals surface area contributed by atoms with Gasteiger partial charge in [-0.3, -0.25) is 14.3 Å². The average molecular weight is 393 g/mol. The summed E-state index contributed by atoms with van der Waals surface area (Å²) in [7, 11) is 0. The van der Waals surface area contributed by atoms with Crippen LogP contribution in [0.4, 0.5) is 0 Å². The molecule has 0 radical (unpaired) electrons. The summed E-state index contributed by atoms with van der Waals surface area (Å²) in [5.41, 5.74) is 1.74. The van der Waals surface area contributed by atoms with Crippen molar-refractivity contribution in [2.45, 2.75) is 19.9 Å². The SMILES string of the molecule is CCn1cc(C(=O)N2CCCN(C(=O)c3cc(-c4ccccc4)on3)CC2)cn1. The molecule has 1 saturated heterocycles. The summed E-state index contributed by atoms with van der Waals surface area (Å²) in [5.74, 6) is 0.337. The van der Waals surface area contributed by atoms with E-state index in [1.54, 1.807) is 32.9 Å². The largest absolute Gasteiger partial charge is 0.355 e. The summed E-state index contributed by atoms with van der Waals surface area (Å²) < 4.78 is 7.08. The Balaban J connectivity index is 1.41. The molecular weight excluding hydrogens is 370 g/mol. The third kappa shape index (κ3) is 4.06. The number of amides is 2. The number of hydrogen-bond donors (Lipinski definition) is 0. The number of hydrogen-bond acceptors (Lipinski definition) is 5. The first-order chi connectivity index (χ1) is 14.2. The standard InChI is InChI=1S/C21H23N5O3/c1-2-26-15-17(14-22-26)20(27)24-9-6-10-25(12-11-24)21(28)18-13-19(29-23-18)16-7-4-3-5-8-16/h3-5,7-8,13-15H,2,6,9-12H2,1H3. The first kappa shape index (κ1) is 18.9. The van der Waals surface area contributed by atoms with Gasteiger partial charge in [0.05, 0.1) is 11.8 Å². The van der Waals surface area contributed by atoms with Crippen LogP contribution in [0.5, 0.6) is 0 Å². The Hall–Kier alpha value is -3.42. The second-order valence-corrected chi connectivity index (χ2v) is 6.97. The van der Waals surface area contributed by atoms with E-state index < -0.39 is 0 Å². The van der Waals surface area contributed by atoms with Gasteiger partial charge < -0.3 is 14.3 Å². The number of aromatic nitrogens is 3. The lowest BCUT2D eigenvalue weighted by atomic mass is 10.1. The Morgan fingerprint density at radius 3 is 2.45 bits per heavy atom. The first-order valence-electron chi connectivity index (χ1n) is 9.79. The van der Waals surface area contributed by atoms with Crippen LogP contribution in [-0.4, -0.2) is 62.7 Å². The van der Waals surface area contributed by atoms with Crippen molar-refractivity contribution in [1.29, 1.82) is 0 Å². The van der Waals surface area contributed by atoms with Crippen molar-refractivity contribution in [1.82, 2.24) is 24.7 Å². The summed E-state index contributed by atoms with van der Waals surface area (Å²) in [5, 5.41) is 8.12. The number of benzene rings is 1. The zero-order chi connectivity index (χ0) is 20.2. The monoisotopic (exact) mass is 393 g/mol. The van der Waals surface area contributed by atoms with Gasteiger partial charge in [0.1, 0.15) is 0 Å². The van der Waals surface area contributed by atoms with E-state index in [1.807, 2.05) is 37.3 Å². The molecule has 29 heavy (non-hydrogen) atoms. The molecule has 1 fully saturated rings. The van der Waals surface area contributed by atoms with Gasteiger partial charge in [0.15, 0.2) is 11.5 Å². The Morgan fingerprint density at radius 1 is 1.03 bits per heavy atom. The van der Waals surface area contributed by atoms with E-state index in [0.717, 1.165) is 12.1 Å². The van der Waals surface area contributed by atoms with Crippen molar-refractivity contribution in [3.05, 3.63) is 60.0 Å². The van der Waals surface area contributed by atoms with Crippen LogP contribution in [-0.2, 0) is 6.54 Å². The minimum atomic E-state index is -0.177. The Labute approximate surface area is 168 Å². The molecule has 150 valence electrons. The normalized spacial score (nSPS) is 14.7. The van der Waals surface area contributed by atoms with Crippen molar-refractivity contribution >= 4 is 11.8 Å². The fourth-order valence-electron chi connectivity index (χ4n) is 3.43. The molecular formula is C21H23N5O3. The highest BCUT2D eigenvalue weighted by Gasteiger charge is 2.26. The van der Waals surface area contributed by atoms with E-state index in [9.17, 15) is 9.59 Å². The summed E-state index contributed by atoms with van der Waals surface area (Å²) in [6, 6.07) is 11.2. The molecule has 0 aliphatic carbocycles. The molecule has 0 bridgehead atoms. The minimum absolute atomic E-state index is 0.0493. The van der Waals surface area contributed by atoms with Crippen LogP contribution in [0.3, 0.4) is 0 Å². The van der Waals surface area contributed by atoms with Crippen LogP contribution in [0.1, 0.15) is 34.2 Å². The Kier molecular flexibility index (Phi) is 5.41. The zero-order valence-electron chi connectivity index (χ0n) is 16.3. The predicted octanol–water partition coefficient (Wildman–Crippen LogP) is 2.55. The van der Waals surface area contributed by atoms with Gasteiger partial charge in [0.2, 0.25) is 0 Å². The highest BCUT2D eigenvalue weighted by Crippen LogP contribution is 2.21. The lowest BCUT2D eigenvalue weighted by Crippen LogP contribution is -2.37. The topological polar surface area (TPSA) is 84.5 Å². The van der Waals surface area contributed by atoms with Crippen LogP contribution in [0.2, 0.25) is 0 Å². The molecule has 4 rings (SSSR count). The van der Waals surface area contributed by atoms with Crippen molar-refractivity contribution in [3.8, 4) is 11.3 Å².